The molecule has 0 saturated carbocycles. The molecule has 4 aromatic rings. The average Bonchev–Trinajstić information content (AvgIpc) is 3.26. The van der Waals surface area contributed by atoms with Crippen LogP contribution in [0.1, 0.15) is 21.6 Å². The Morgan fingerprint density at radius 2 is 1.75 bits per heavy atom. The summed E-state index contributed by atoms with van der Waals surface area (Å²) < 4.78 is 1.96. The van der Waals surface area contributed by atoms with Crippen LogP contribution in [0, 0.1) is 0 Å². The summed E-state index contributed by atoms with van der Waals surface area (Å²) in [7, 11) is 12.5. The van der Waals surface area contributed by atoms with Crippen LogP contribution >= 0.6 is 0 Å². The first kappa shape index (κ1) is 16.8. The second kappa shape index (κ2) is 6.09. The number of hydrogen-bond donors (Lipinski definition) is 0. The Balaban J connectivity index is 1.42. The number of rotatable bonds is 3. The number of amides is 1. The molecule has 1 aliphatic heterocycles. The Bertz CT molecular complexity index is 1200. The van der Waals surface area contributed by atoms with E-state index in [2.05, 4.69) is 9.97 Å². The number of benzene rings is 1. The van der Waals surface area contributed by atoms with E-state index in [0.717, 1.165) is 22.3 Å². The normalized spacial score (nSPS) is 15.1. The van der Waals surface area contributed by atoms with Crippen molar-refractivity contribution >= 4 is 27.2 Å². The lowest BCUT2D eigenvalue weighted by Gasteiger charge is -2.33. The van der Waals surface area contributed by atoms with E-state index in [1.807, 2.05) is 53.2 Å². The van der Waals surface area contributed by atoms with Gasteiger partial charge in [0.05, 0.1) is 26.9 Å². The molecule has 1 aliphatic rings. The van der Waals surface area contributed by atoms with Crippen LogP contribution in [0.4, 0.5) is 0 Å². The van der Waals surface area contributed by atoms with E-state index >= 15 is 0 Å². The molecule has 130 valence electrons. The largest absolute Gasteiger partial charge is 0.340 e. The van der Waals surface area contributed by atoms with Crippen LogP contribution < -0.4 is 0 Å². The molecule has 3 aromatic heterocycles. The quantitative estimate of drug-likeness (QED) is 0.528. The molecule has 5 rings (SSSR count). The fraction of sp³-hybridized carbons (Fsp3) is 0.0952. The Morgan fingerprint density at radius 3 is 2.54 bits per heavy atom. The molecular formula is C21H14B2N4O. The van der Waals surface area contributed by atoms with Crippen molar-refractivity contribution in [2.75, 3.05) is 0 Å². The van der Waals surface area contributed by atoms with Gasteiger partial charge < -0.3 is 9.30 Å². The number of fused-ring (bicyclic) bond motifs is 2. The lowest BCUT2D eigenvalue weighted by atomic mass is 9.59. The third-order valence-electron chi connectivity index (χ3n) is 5.14. The third kappa shape index (κ3) is 2.54. The van der Waals surface area contributed by atoms with Gasteiger partial charge in [-0.3, -0.25) is 9.78 Å². The van der Waals surface area contributed by atoms with Crippen molar-refractivity contribution in [2.24, 2.45) is 0 Å². The summed E-state index contributed by atoms with van der Waals surface area (Å²) >= 11 is 0. The van der Waals surface area contributed by atoms with Gasteiger partial charge in [0.25, 0.3) is 5.91 Å². The molecule has 0 bridgehead atoms. The fourth-order valence-electron chi connectivity index (χ4n) is 3.62. The number of pyridine rings is 2. The highest BCUT2D eigenvalue weighted by Gasteiger charge is 2.42. The molecular weight excluding hydrogens is 346 g/mol. The molecule has 5 nitrogen and oxygen atoms in total. The molecule has 7 heteroatoms. The maximum atomic E-state index is 12.7. The minimum atomic E-state index is -1.42. The minimum Gasteiger partial charge on any atom is -0.340 e. The highest BCUT2D eigenvalue weighted by molar-refractivity contribution is 6.42. The van der Waals surface area contributed by atoms with E-state index in [0.29, 0.717) is 17.8 Å². The summed E-state index contributed by atoms with van der Waals surface area (Å²) in [4.78, 5) is 22.7. The van der Waals surface area contributed by atoms with Gasteiger partial charge in [0, 0.05) is 36.7 Å². The van der Waals surface area contributed by atoms with Gasteiger partial charge in [0.1, 0.15) is 5.65 Å². The Hall–Kier alpha value is -3.34. The second-order valence-electron chi connectivity index (χ2n) is 6.92. The van der Waals surface area contributed by atoms with E-state index < -0.39 is 5.34 Å². The van der Waals surface area contributed by atoms with Crippen molar-refractivity contribution in [3.05, 3.63) is 90.1 Å². The van der Waals surface area contributed by atoms with Crippen molar-refractivity contribution in [3.63, 3.8) is 0 Å². The van der Waals surface area contributed by atoms with Crippen molar-refractivity contribution in [1.82, 2.24) is 19.3 Å². The van der Waals surface area contributed by atoms with Gasteiger partial charge >= 0.3 is 0 Å². The van der Waals surface area contributed by atoms with Crippen LogP contribution in [-0.4, -0.2) is 40.9 Å². The summed E-state index contributed by atoms with van der Waals surface area (Å²) in [5, 5.41) is -1.42. The number of nitrogens with zero attached hydrogens (tertiary/aromatic N) is 4. The molecule has 4 heterocycles. The minimum absolute atomic E-state index is 0.207. The van der Waals surface area contributed by atoms with Gasteiger partial charge in [-0.25, -0.2) is 4.98 Å². The average molecular weight is 360 g/mol. The molecule has 0 atom stereocenters. The molecule has 4 radical (unpaired) electrons. The molecule has 0 aliphatic carbocycles. The smallest absolute Gasteiger partial charge is 0.255 e. The van der Waals surface area contributed by atoms with Gasteiger partial charge in [-0.15, -0.1) is 0 Å². The first-order valence-corrected chi connectivity index (χ1v) is 8.91. The highest BCUT2D eigenvalue weighted by Crippen LogP contribution is 2.34. The van der Waals surface area contributed by atoms with Crippen LogP contribution in [0.15, 0.2) is 73.3 Å². The van der Waals surface area contributed by atoms with Gasteiger partial charge in [0.15, 0.2) is 0 Å². The molecule has 28 heavy (non-hydrogen) atoms. The predicted molar refractivity (Wildman–Crippen MR) is 108 cm³/mol. The predicted octanol–water partition coefficient (Wildman–Crippen LogP) is 2.50. The van der Waals surface area contributed by atoms with Crippen LogP contribution in [0.3, 0.4) is 0 Å². The van der Waals surface area contributed by atoms with Crippen molar-refractivity contribution in [1.29, 1.82) is 0 Å². The lowest BCUT2D eigenvalue weighted by molar-refractivity contribution is 0.0731. The molecule has 1 aromatic carbocycles. The zero-order valence-electron chi connectivity index (χ0n) is 15.0. The van der Waals surface area contributed by atoms with Crippen LogP contribution in [0.25, 0.3) is 16.8 Å². The standard InChI is InChI=1S/C21H14B2N4O/c22-21(23)19-17(2-1-8-25-19)20(28)27(21)13-14-3-5-15(6-4-14)16-7-10-26-11-9-24-18(26)12-16/h1-12H,13H2. The summed E-state index contributed by atoms with van der Waals surface area (Å²) in [5.74, 6) is -0.207. The molecule has 1 amide bonds. The van der Waals surface area contributed by atoms with Gasteiger partial charge in [-0.2, -0.15) is 0 Å². The van der Waals surface area contributed by atoms with Crippen molar-refractivity contribution < 1.29 is 4.79 Å². The third-order valence-corrected chi connectivity index (χ3v) is 5.14. The molecule has 0 unspecified atom stereocenters. The zero-order valence-corrected chi connectivity index (χ0v) is 15.0. The number of carbonyl (C=O) groups excluding carboxylic acids is 1. The first-order chi connectivity index (χ1) is 13.5. The topological polar surface area (TPSA) is 50.5 Å². The molecule has 0 fully saturated rings. The number of aromatic nitrogens is 3. The van der Waals surface area contributed by atoms with Crippen LogP contribution in [0.2, 0.25) is 0 Å². The lowest BCUT2D eigenvalue weighted by Crippen LogP contribution is -2.44. The van der Waals surface area contributed by atoms with Crippen LogP contribution in [-0.2, 0) is 11.9 Å². The number of carbonyl (C=O) groups is 1. The molecule has 0 saturated heterocycles. The van der Waals surface area contributed by atoms with E-state index in [-0.39, 0.29) is 5.91 Å². The number of hydrogen-bond acceptors (Lipinski definition) is 3. The SMILES string of the molecule is [B]C1([B])c2ncccc2C(=O)N1Cc1ccc(-c2ccn3ccnc3c2)cc1. The van der Waals surface area contributed by atoms with E-state index in [1.54, 1.807) is 24.5 Å². The summed E-state index contributed by atoms with van der Waals surface area (Å²) in [6.45, 7) is 0.307. The van der Waals surface area contributed by atoms with Gasteiger partial charge in [0.2, 0.25) is 0 Å². The summed E-state index contributed by atoms with van der Waals surface area (Å²) in [6, 6.07) is 15.5. The monoisotopic (exact) mass is 360 g/mol. The van der Waals surface area contributed by atoms with Crippen molar-refractivity contribution in [2.45, 2.75) is 11.9 Å². The van der Waals surface area contributed by atoms with E-state index in [1.165, 1.54) is 4.90 Å². The van der Waals surface area contributed by atoms with E-state index in [4.69, 9.17) is 15.7 Å². The number of imidazole rings is 1. The molecule has 0 spiro atoms. The van der Waals surface area contributed by atoms with Gasteiger partial charge in [-0.1, -0.05) is 24.3 Å². The van der Waals surface area contributed by atoms with Gasteiger partial charge in [-0.05, 0) is 41.0 Å². The van der Waals surface area contributed by atoms with E-state index in [9.17, 15) is 4.79 Å². The Labute approximate surface area is 164 Å². The Morgan fingerprint density at radius 1 is 0.929 bits per heavy atom. The highest BCUT2D eigenvalue weighted by atomic mass is 16.2. The maximum Gasteiger partial charge on any atom is 0.255 e. The maximum absolute atomic E-state index is 12.7. The second-order valence-corrected chi connectivity index (χ2v) is 6.92. The fourth-order valence-corrected chi connectivity index (χ4v) is 3.62. The zero-order chi connectivity index (χ0) is 19.3. The Kier molecular flexibility index (Phi) is 3.66. The summed E-state index contributed by atoms with van der Waals surface area (Å²) in [6.07, 6.45) is 7.26. The first-order valence-electron chi connectivity index (χ1n) is 8.91. The van der Waals surface area contributed by atoms with Crippen LogP contribution in [0.5, 0.6) is 0 Å². The molecule has 0 N–H and O–H groups in total. The summed E-state index contributed by atoms with van der Waals surface area (Å²) in [5.41, 5.74) is 4.84. The van der Waals surface area contributed by atoms with Crippen molar-refractivity contribution in [3.8, 4) is 11.1 Å².